The number of hydrogen-bond acceptors (Lipinski definition) is 3. The summed E-state index contributed by atoms with van der Waals surface area (Å²) in [6, 6.07) is 6.53. The minimum absolute atomic E-state index is 0.179. The van der Waals surface area contributed by atoms with Crippen molar-refractivity contribution in [2.75, 3.05) is 0 Å². The van der Waals surface area contributed by atoms with Gasteiger partial charge in [-0.15, -0.1) is 0 Å². The first-order valence-electron chi connectivity index (χ1n) is 6.59. The van der Waals surface area contributed by atoms with E-state index in [1.807, 2.05) is 6.92 Å². The lowest BCUT2D eigenvalue weighted by atomic mass is 10.1. The second-order valence-corrected chi connectivity index (χ2v) is 5.16. The lowest BCUT2D eigenvalue weighted by Gasteiger charge is -2.16. The minimum atomic E-state index is -0.179. The third kappa shape index (κ3) is 2.26. The van der Waals surface area contributed by atoms with E-state index in [9.17, 15) is 5.11 Å². The highest BCUT2D eigenvalue weighted by Crippen LogP contribution is 2.19. The van der Waals surface area contributed by atoms with E-state index in [2.05, 4.69) is 33.5 Å². The number of aromatic nitrogens is 2. The Morgan fingerprint density at radius 3 is 3.11 bits per heavy atom. The summed E-state index contributed by atoms with van der Waals surface area (Å²) in [5.74, 6) is 0.946. The van der Waals surface area contributed by atoms with Crippen LogP contribution in [0.2, 0.25) is 0 Å². The molecule has 3 N–H and O–H groups in total. The number of benzene rings is 1. The minimum Gasteiger partial charge on any atom is -0.392 e. The first-order valence-corrected chi connectivity index (χ1v) is 6.59. The van der Waals surface area contributed by atoms with Crippen LogP contribution in [0.3, 0.4) is 0 Å². The van der Waals surface area contributed by atoms with E-state index < -0.39 is 0 Å². The van der Waals surface area contributed by atoms with Crippen LogP contribution >= 0.6 is 0 Å². The van der Waals surface area contributed by atoms with Crippen molar-refractivity contribution in [1.82, 2.24) is 15.3 Å². The molecule has 4 heteroatoms. The van der Waals surface area contributed by atoms with Crippen LogP contribution in [0.25, 0.3) is 11.0 Å². The van der Waals surface area contributed by atoms with Gasteiger partial charge in [-0.2, -0.15) is 0 Å². The molecule has 0 aliphatic heterocycles. The molecule has 1 saturated carbocycles. The monoisotopic (exact) mass is 245 g/mol. The summed E-state index contributed by atoms with van der Waals surface area (Å²) in [4.78, 5) is 7.65. The number of aryl methyl sites for hydroxylation is 1. The van der Waals surface area contributed by atoms with Gasteiger partial charge in [0.05, 0.1) is 17.1 Å². The Labute approximate surface area is 106 Å². The normalized spacial score (nSPS) is 23.9. The molecular formula is C14H19N3O. The Bertz CT molecular complexity index is 549. The van der Waals surface area contributed by atoms with Crippen molar-refractivity contribution < 1.29 is 5.11 Å². The summed E-state index contributed by atoms with van der Waals surface area (Å²) in [5, 5.41) is 13.2. The molecule has 1 aliphatic carbocycles. The number of rotatable bonds is 3. The summed E-state index contributed by atoms with van der Waals surface area (Å²) in [7, 11) is 0. The number of nitrogens with zero attached hydrogens (tertiary/aromatic N) is 1. The van der Waals surface area contributed by atoms with Crippen molar-refractivity contribution in [3.8, 4) is 0 Å². The summed E-state index contributed by atoms with van der Waals surface area (Å²) >= 11 is 0. The third-order valence-corrected chi connectivity index (χ3v) is 3.71. The van der Waals surface area contributed by atoms with Crippen molar-refractivity contribution in [2.24, 2.45) is 0 Å². The standard InChI is InChI=1S/C14H19N3O/c1-9-16-11-6-5-10(7-13(11)17-9)8-15-12-3-2-4-14(12)18/h5-7,12,14-15,18H,2-4,8H2,1H3,(H,16,17)/t12-,14-/m1/s1. The Hall–Kier alpha value is -1.39. The maximum atomic E-state index is 9.76. The largest absolute Gasteiger partial charge is 0.392 e. The van der Waals surface area contributed by atoms with Crippen LogP contribution in [-0.4, -0.2) is 27.2 Å². The Kier molecular flexibility index (Phi) is 3.06. The van der Waals surface area contributed by atoms with Crippen LogP contribution in [0.15, 0.2) is 18.2 Å². The van der Waals surface area contributed by atoms with Crippen molar-refractivity contribution in [2.45, 2.75) is 44.9 Å². The predicted octanol–water partition coefficient (Wildman–Crippen LogP) is 1.87. The number of nitrogens with one attached hydrogen (secondary N) is 2. The van der Waals surface area contributed by atoms with Gasteiger partial charge in [0.1, 0.15) is 5.82 Å². The van der Waals surface area contributed by atoms with Gasteiger partial charge >= 0.3 is 0 Å². The smallest absolute Gasteiger partial charge is 0.104 e. The topological polar surface area (TPSA) is 60.9 Å². The first kappa shape index (κ1) is 11.7. The zero-order valence-corrected chi connectivity index (χ0v) is 10.6. The average molecular weight is 245 g/mol. The molecule has 0 radical (unpaired) electrons. The number of hydrogen-bond donors (Lipinski definition) is 3. The average Bonchev–Trinajstić information content (AvgIpc) is 2.90. The molecule has 0 amide bonds. The van der Waals surface area contributed by atoms with E-state index >= 15 is 0 Å². The Morgan fingerprint density at radius 1 is 1.44 bits per heavy atom. The van der Waals surface area contributed by atoms with E-state index in [1.165, 1.54) is 5.56 Å². The summed E-state index contributed by atoms with van der Waals surface area (Å²) in [5.41, 5.74) is 3.31. The molecule has 2 atom stereocenters. The number of aliphatic hydroxyl groups excluding tert-OH is 1. The molecule has 4 nitrogen and oxygen atoms in total. The highest BCUT2D eigenvalue weighted by Gasteiger charge is 2.24. The fourth-order valence-corrected chi connectivity index (χ4v) is 2.72. The Morgan fingerprint density at radius 2 is 2.33 bits per heavy atom. The van der Waals surface area contributed by atoms with Crippen LogP contribution in [-0.2, 0) is 6.54 Å². The molecule has 96 valence electrons. The third-order valence-electron chi connectivity index (χ3n) is 3.71. The van der Waals surface area contributed by atoms with Crippen LogP contribution in [0.5, 0.6) is 0 Å². The lowest BCUT2D eigenvalue weighted by molar-refractivity contribution is 0.148. The number of aliphatic hydroxyl groups is 1. The molecule has 1 aromatic heterocycles. The van der Waals surface area contributed by atoms with Gasteiger partial charge < -0.3 is 15.4 Å². The van der Waals surface area contributed by atoms with Gasteiger partial charge in [0, 0.05) is 12.6 Å². The fraction of sp³-hybridized carbons (Fsp3) is 0.500. The summed E-state index contributed by atoms with van der Waals surface area (Å²) in [6.45, 7) is 2.76. The number of imidazole rings is 1. The second kappa shape index (κ2) is 4.71. The molecule has 0 unspecified atom stereocenters. The molecule has 0 saturated heterocycles. The van der Waals surface area contributed by atoms with E-state index in [4.69, 9.17) is 0 Å². The van der Waals surface area contributed by atoms with Gasteiger partial charge in [0.15, 0.2) is 0 Å². The SMILES string of the molecule is Cc1nc2cc(CN[C@@H]3CCC[C@H]3O)ccc2[nH]1. The van der Waals surface area contributed by atoms with Gasteiger partial charge in [-0.05, 0) is 43.9 Å². The van der Waals surface area contributed by atoms with Crippen LogP contribution in [0.1, 0.15) is 30.7 Å². The van der Waals surface area contributed by atoms with Gasteiger partial charge in [-0.25, -0.2) is 4.98 Å². The molecule has 0 bridgehead atoms. The van der Waals surface area contributed by atoms with Crippen LogP contribution < -0.4 is 5.32 Å². The fourth-order valence-electron chi connectivity index (χ4n) is 2.72. The molecule has 0 spiro atoms. The van der Waals surface area contributed by atoms with Gasteiger partial charge in [0.2, 0.25) is 0 Å². The molecule has 1 fully saturated rings. The zero-order chi connectivity index (χ0) is 12.5. The molecule has 1 aromatic carbocycles. The second-order valence-electron chi connectivity index (χ2n) is 5.16. The van der Waals surface area contributed by atoms with E-state index in [-0.39, 0.29) is 12.1 Å². The van der Waals surface area contributed by atoms with Crippen molar-refractivity contribution in [1.29, 1.82) is 0 Å². The van der Waals surface area contributed by atoms with E-state index in [0.29, 0.717) is 0 Å². The zero-order valence-electron chi connectivity index (χ0n) is 10.6. The van der Waals surface area contributed by atoms with Crippen molar-refractivity contribution in [3.63, 3.8) is 0 Å². The highest BCUT2D eigenvalue weighted by molar-refractivity contribution is 5.75. The molecular weight excluding hydrogens is 226 g/mol. The van der Waals surface area contributed by atoms with Crippen molar-refractivity contribution >= 4 is 11.0 Å². The summed E-state index contributed by atoms with van der Waals surface area (Å²) < 4.78 is 0. The quantitative estimate of drug-likeness (QED) is 0.773. The van der Waals surface area contributed by atoms with Crippen LogP contribution in [0.4, 0.5) is 0 Å². The van der Waals surface area contributed by atoms with Gasteiger partial charge in [0.25, 0.3) is 0 Å². The molecule has 1 heterocycles. The Balaban J connectivity index is 1.70. The number of aromatic amines is 1. The van der Waals surface area contributed by atoms with E-state index in [0.717, 1.165) is 42.7 Å². The van der Waals surface area contributed by atoms with Gasteiger partial charge in [-0.1, -0.05) is 6.07 Å². The highest BCUT2D eigenvalue weighted by atomic mass is 16.3. The van der Waals surface area contributed by atoms with E-state index in [1.54, 1.807) is 0 Å². The molecule has 1 aliphatic rings. The lowest BCUT2D eigenvalue weighted by Crippen LogP contribution is -2.34. The number of fused-ring (bicyclic) bond motifs is 1. The van der Waals surface area contributed by atoms with Crippen molar-refractivity contribution in [3.05, 3.63) is 29.6 Å². The summed E-state index contributed by atoms with van der Waals surface area (Å²) in [6.07, 6.45) is 2.94. The number of H-pyrrole nitrogens is 1. The maximum absolute atomic E-state index is 9.76. The van der Waals surface area contributed by atoms with Crippen LogP contribution in [0, 0.1) is 6.92 Å². The van der Waals surface area contributed by atoms with Gasteiger partial charge in [-0.3, -0.25) is 0 Å². The molecule has 18 heavy (non-hydrogen) atoms. The predicted molar refractivity (Wildman–Crippen MR) is 71.3 cm³/mol. The molecule has 2 aromatic rings. The maximum Gasteiger partial charge on any atom is 0.104 e. The molecule has 3 rings (SSSR count). The first-order chi connectivity index (χ1) is 8.72.